The van der Waals surface area contributed by atoms with Crippen molar-refractivity contribution >= 4 is 28.6 Å². The van der Waals surface area contributed by atoms with E-state index in [1.165, 1.54) is 0 Å². The van der Waals surface area contributed by atoms with Crippen molar-refractivity contribution in [1.29, 1.82) is 0 Å². The van der Waals surface area contributed by atoms with Crippen LogP contribution in [0.5, 0.6) is 11.5 Å². The van der Waals surface area contributed by atoms with Crippen molar-refractivity contribution in [2.75, 3.05) is 26.1 Å². The van der Waals surface area contributed by atoms with E-state index in [1.54, 1.807) is 53.2 Å². The summed E-state index contributed by atoms with van der Waals surface area (Å²) in [5.74, 6) is 2.12. The van der Waals surface area contributed by atoms with E-state index in [1.807, 2.05) is 0 Å². The maximum Gasteiger partial charge on any atom is 0.342 e. The van der Waals surface area contributed by atoms with E-state index in [-0.39, 0.29) is 6.61 Å². The van der Waals surface area contributed by atoms with Crippen LogP contribution in [-0.2, 0) is 4.74 Å². The molecule has 8 heteroatoms. The summed E-state index contributed by atoms with van der Waals surface area (Å²) in [6.45, 7) is 5.45. The average molecular weight is 371 g/mol. The molecule has 0 saturated carbocycles. The van der Waals surface area contributed by atoms with Gasteiger partial charge < -0.3 is 23.9 Å². The van der Waals surface area contributed by atoms with E-state index in [0.717, 1.165) is 0 Å². The zero-order chi connectivity index (χ0) is 19.6. The third-order valence-corrected chi connectivity index (χ3v) is 3.93. The number of furan rings is 1. The second-order valence-corrected chi connectivity index (χ2v) is 5.78. The standard InChI is InChI=1S/C19H21N3O5/c1-6-26-19(23)15-10(2)27-18-16(15)17(20-11(3)21-18)22-12-7-13(24-4)9-14(8-12)25-5/h7-9H,6H2,1-5H3,(H,20,21,22). The van der Waals surface area contributed by atoms with Crippen molar-refractivity contribution < 1.29 is 23.4 Å². The Hall–Kier alpha value is -3.29. The van der Waals surface area contributed by atoms with Gasteiger partial charge in [0.25, 0.3) is 0 Å². The molecule has 0 aliphatic carbocycles. The molecule has 0 amide bonds. The Bertz CT molecular complexity index is 974. The van der Waals surface area contributed by atoms with Crippen LogP contribution in [-0.4, -0.2) is 36.8 Å². The maximum atomic E-state index is 12.4. The topological polar surface area (TPSA) is 95.7 Å². The summed E-state index contributed by atoms with van der Waals surface area (Å²) in [6.07, 6.45) is 0. The molecule has 3 rings (SSSR count). The molecule has 0 aliphatic rings. The normalized spacial score (nSPS) is 10.7. The average Bonchev–Trinajstić information content (AvgIpc) is 2.97. The van der Waals surface area contributed by atoms with Gasteiger partial charge in [0.05, 0.1) is 26.2 Å². The number of carbonyl (C=O) groups is 1. The molecule has 3 aromatic rings. The third kappa shape index (κ3) is 3.64. The first-order chi connectivity index (χ1) is 13.0. The molecule has 27 heavy (non-hydrogen) atoms. The van der Waals surface area contributed by atoms with Gasteiger partial charge in [-0.2, -0.15) is 4.98 Å². The first-order valence-electron chi connectivity index (χ1n) is 8.41. The van der Waals surface area contributed by atoms with Crippen LogP contribution in [0.15, 0.2) is 22.6 Å². The molecule has 0 unspecified atom stereocenters. The number of nitrogens with zero attached hydrogens (tertiary/aromatic N) is 2. The van der Waals surface area contributed by atoms with E-state index in [2.05, 4.69) is 15.3 Å². The van der Waals surface area contributed by atoms with Gasteiger partial charge in [-0.25, -0.2) is 9.78 Å². The number of carbonyl (C=O) groups excluding carboxylic acids is 1. The minimum Gasteiger partial charge on any atom is -0.497 e. The van der Waals surface area contributed by atoms with Gasteiger partial charge in [0, 0.05) is 23.9 Å². The number of aryl methyl sites for hydroxylation is 2. The number of hydrogen-bond acceptors (Lipinski definition) is 8. The van der Waals surface area contributed by atoms with Gasteiger partial charge in [-0.15, -0.1) is 0 Å². The van der Waals surface area contributed by atoms with E-state index in [0.29, 0.717) is 51.3 Å². The summed E-state index contributed by atoms with van der Waals surface area (Å²) >= 11 is 0. The Morgan fingerprint density at radius 1 is 1.11 bits per heavy atom. The fourth-order valence-corrected chi connectivity index (χ4v) is 2.77. The van der Waals surface area contributed by atoms with E-state index < -0.39 is 5.97 Å². The van der Waals surface area contributed by atoms with Gasteiger partial charge in [0.1, 0.15) is 34.5 Å². The van der Waals surface area contributed by atoms with Gasteiger partial charge in [-0.1, -0.05) is 0 Å². The number of nitrogens with one attached hydrogen (secondary N) is 1. The summed E-state index contributed by atoms with van der Waals surface area (Å²) in [4.78, 5) is 21.2. The number of aromatic nitrogens is 2. The number of fused-ring (bicyclic) bond motifs is 1. The van der Waals surface area contributed by atoms with Crippen LogP contribution in [0.2, 0.25) is 0 Å². The molecule has 0 spiro atoms. The Labute approximate surface area is 156 Å². The van der Waals surface area contributed by atoms with Gasteiger partial charge in [0.2, 0.25) is 5.71 Å². The molecule has 0 radical (unpaired) electrons. The second kappa shape index (κ2) is 7.53. The number of anilines is 2. The summed E-state index contributed by atoms with van der Waals surface area (Å²) < 4.78 is 21.4. The third-order valence-electron chi connectivity index (χ3n) is 3.93. The Morgan fingerprint density at radius 2 is 1.78 bits per heavy atom. The van der Waals surface area contributed by atoms with Crippen LogP contribution in [0.4, 0.5) is 11.5 Å². The minimum atomic E-state index is -0.479. The molecule has 0 atom stereocenters. The zero-order valence-electron chi connectivity index (χ0n) is 15.9. The van der Waals surface area contributed by atoms with Crippen molar-refractivity contribution in [3.8, 4) is 11.5 Å². The molecule has 2 heterocycles. The molecule has 1 N–H and O–H groups in total. The number of esters is 1. The van der Waals surface area contributed by atoms with Gasteiger partial charge >= 0.3 is 5.97 Å². The lowest BCUT2D eigenvalue weighted by Gasteiger charge is -2.11. The van der Waals surface area contributed by atoms with Crippen molar-refractivity contribution in [3.05, 3.63) is 35.3 Å². The summed E-state index contributed by atoms with van der Waals surface area (Å²) in [5.41, 5.74) is 1.31. The SMILES string of the molecule is CCOC(=O)c1c(C)oc2nc(C)nc(Nc3cc(OC)cc(OC)c3)c12. The van der Waals surface area contributed by atoms with Crippen molar-refractivity contribution in [2.24, 2.45) is 0 Å². The fourth-order valence-electron chi connectivity index (χ4n) is 2.77. The molecular formula is C19H21N3O5. The zero-order valence-corrected chi connectivity index (χ0v) is 15.9. The van der Waals surface area contributed by atoms with Crippen LogP contribution >= 0.6 is 0 Å². The smallest absolute Gasteiger partial charge is 0.342 e. The number of benzene rings is 1. The molecule has 0 fully saturated rings. The monoisotopic (exact) mass is 371 g/mol. The number of hydrogen-bond donors (Lipinski definition) is 1. The number of rotatable bonds is 6. The second-order valence-electron chi connectivity index (χ2n) is 5.78. The van der Waals surface area contributed by atoms with E-state index in [4.69, 9.17) is 18.6 Å². The van der Waals surface area contributed by atoms with Crippen LogP contribution in [0.25, 0.3) is 11.1 Å². The minimum absolute atomic E-state index is 0.257. The van der Waals surface area contributed by atoms with E-state index >= 15 is 0 Å². The van der Waals surface area contributed by atoms with Gasteiger partial charge in [0.15, 0.2) is 0 Å². The Morgan fingerprint density at radius 3 is 2.37 bits per heavy atom. The molecule has 2 aromatic heterocycles. The highest BCUT2D eigenvalue weighted by Gasteiger charge is 2.24. The first kappa shape index (κ1) is 18.5. The highest BCUT2D eigenvalue weighted by molar-refractivity contribution is 6.08. The van der Waals surface area contributed by atoms with Gasteiger partial charge in [-0.05, 0) is 20.8 Å². The van der Waals surface area contributed by atoms with Crippen molar-refractivity contribution in [3.63, 3.8) is 0 Å². The highest BCUT2D eigenvalue weighted by Crippen LogP contribution is 2.34. The maximum absolute atomic E-state index is 12.4. The van der Waals surface area contributed by atoms with E-state index in [9.17, 15) is 4.79 Å². The molecule has 8 nitrogen and oxygen atoms in total. The summed E-state index contributed by atoms with van der Waals surface area (Å²) in [6, 6.07) is 5.35. The van der Waals surface area contributed by atoms with Crippen molar-refractivity contribution in [1.82, 2.24) is 9.97 Å². The lowest BCUT2D eigenvalue weighted by Crippen LogP contribution is -2.07. The predicted molar refractivity (Wildman–Crippen MR) is 100 cm³/mol. The molecule has 0 aliphatic heterocycles. The largest absolute Gasteiger partial charge is 0.497 e. The predicted octanol–water partition coefficient (Wildman–Crippen LogP) is 3.78. The summed E-state index contributed by atoms with van der Waals surface area (Å²) in [7, 11) is 3.15. The lowest BCUT2D eigenvalue weighted by molar-refractivity contribution is 0.0526. The highest BCUT2D eigenvalue weighted by atomic mass is 16.5. The summed E-state index contributed by atoms with van der Waals surface area (Å²) in [5, 5.41) is 3.68. The number of ether oxygens (including phenoxy) is 3. The van der Waals surface area contributed by atoms with Crippen LogP contribution < -0.4 is 14.8 Å². The lowest BCUT2D eigenvalue weighted by atomic mass is 10.1. The quantitative estimate of drug-likeness (QED) is 0.654. The number of methoxy groups -OCH3 is 2. The molecule has 1 aromatic carbocycles. The molecule has 0 bridgehead atoms. The van der Waals surface area contributed by atoms with Crippen LogP contribution in [0.1, 0.15) is 28.9 Å². The fraction of sp³-hybridized carbons (Fsp3) is 0.316. The molecular weight excluding hydrogens is 350 g/mol. The Kier molecular flexibility index (Phi) is 5.16. The molecule has 142 valence electrons. The Balaban J connectivity index is 2.15. The van der Waals surface area contributed by atoms with Crippen molar-refractivity contribution in [2.45, 2.75) is 20.8 Å². The van der Waals surface area contributed by atoms with Crippen LogP contribution in [0, 0.1) is 13.8 Å². The molecule has 0 saturated heterocycles. The van der Waals surface area contributed by atoms with Gasteiger partial charge in [-0.3, -0.25) is 0 Å². The van der Waals surface area contributed by atoms with Crippen LogP contribution in [0.3, 0.4) is 0 Å². The first-order valence-corrected chi connectivity index (χ1v) is 8.41.